The summed E-state index contributed by atoms with van der Waals surface area (Å²) in [6.07, 6.45) is 20.5. The maximum absolute atomic E-state index is 10.6. The number of rotatable bonds is 8. The van der Waals surface area contributed by atoms with Crippen LogP contribution >= 0.6 is 0 Å². The molecule has 0 aromatic heterocycles. The highest BCUT2D eigenvalue weighted by Gasteiger charge is 2.59. The number of fused-ring (bicyclic) bond motifs is 5. The Morgan fingerprint density at radius 2 is 1.69 bits per heavy atom. The fourth-order valence-electron chi connectivity index (χ4n) is 8.02. The number of ether oxygens (including phenoxy) is 1. The van der Waals surface area contributed by atoms with Crippen molar-refractivity contribution in [1.82, 2.24) is 0 Å². The average Bonchev–Trinajstić information content (AvgIpc) is 3.02. The molecular formula is C27H46O2. The van der Waals surface area contributed by atoms with Crippen LogP contribution in [0.1, 0.15) is 111 Å². The first kappa shape index (κ1) is 21.7. The molecule has 1 N–H and O–H groups in total. The first-order valence-electron chi connectivity index (χ1n) is 13.0. The van der Waals surface area contributed by atoms with Gasteiger partial charge in [-0.05, 0) is 91.9 Å². The van der Waals surface area contributed by atoms with Gasteiger partial charge >= 0.3 is 0 Å². The molecule has 0 aliphatic heterocycles. The van der Waals surface area contributed by atoms with E-state index in [-0.39, 0.29) is 11.5 Å². The van der Waals surface area contributed by atoms with Gasteiger partial charge in [-0.2, -0.15) is 0 Å². The lowest BCUT2D eigenvalue weighted by atomic mass is 9.46. The second-order valence-corrected chi connectivity index (χ2v) is 11.5. The molecule has 7 unspecified atom stereocenters. The Labute approximate surface area is 179 Å². The third-order valence-corrected chi connectivity index (χ3v) is 10.0. The summed E-state index contributed by atoms with van der Waals surface area (Å²) in [4.78, 5) is 0. The lowest BCUT2D eigenvalue weighted by Gasteiger charge is -2.59. The minimum absolute atomic E-state index is 0.0489. The highest BCUT2D eigenvalue weighted by atomic mass is 16.5. The van der Waals surface area contributed by atoms with Crippen molar-refractivity contribution in [3.8, 4) is 0 Å². The second-order valence-electron chi connectivity index (χ2n) is 11.5. The van der Waals surface area contributed by atoms with E-state index in [4.69, 9.17) is 4.74 Å². The van der Waals surface area contributed by atoms with Crippen LogP contribution in [0.5, 0.6) is 0 Å². The molecule has 2 heteroatoms. The summed E-state index contributed by atoms with van der Waals surface area (Å²) in [5.74, 6) is 4.59. The predicted octanol–water partition coefficient (Wildman–Crippen LogP) is 7.26. The van der Waals surface area contributed by atoms with Crippen molar-refractivity contribution >= 4 is 0 Å². The monoisotopic (exact) mass is 402 g/mol. The standard InChI is InChI=1S/C27H46O2/c1-4-5-6-7-8-9-18-29-21-14-16-26(2)20(19-21)10-11-22-23-12-13-25(28)27(23,3)17-15-24(22)26/h14,20,22-25,28H,4-13,15-19H2,1-3H3. The van der Waals surface area contributed by atoms with Crippen LogP contribution in [0.3, 0.4) is 0 Å². The van der Waals surface area contributed by atoms with E-state index < -0.39 is 0 Å². The highest BCUT2D eigenvalue weighted by Crippen LogP contribution is 2.66. The Morgan fingerprint density at radius 3 is 2.52 bits per heavy atom. The molecule has 0 bridgehead atoms. The molecule has 3 fully saturated rings. The number of unbranched alkanes of at least 4 members (excludes halogenated alkanes) is 5. The van der Waals surface area contributed by atoms with Gasteiger partial charge in [0.15, 0.2) is 0 Å². The Hall–Kier alpha value is -0.500. The van der Waals surface area contributed by atoms with Gasteiger partial charge in [0, 0.05) is 6.42 Å². The zero-order chi connectivity index (χ0) is 20.5. The summed E-state index contributed by atoms with van der Waals surface area (Å²) < 4.78 is 6.25. The van der Waals surface area contributed by atoms with E-state index >= 15 is 0 Å². The molecule has 166 valence electrons. The fraction of sp³-hybridized carbons (Fsp3) is 0.926. The van der Waals surface area contributed by atoms with Crippen LogP contribution in [-0.4, -0.2) is 17.8 Å². The molecule has 0 aromatic rings. The molecule has 0 radical (unpaired) electrons. The van der Waals surface area contributed by atoms with Gasteiger partial charge in [0.25, 0.3) is 0 Å². The lowest BCUT2D eigenvalue weighted by Crippen LogP contribution is -2.53. The molecule has 0 spiro atoms. The van der Waals surface area contributed by atoms with Crippen LogP contribution < -0.4 is 0 Å². The van der Waals surface area contributed by atoms with Crippen molar-refractivity contribution in [2.45, 2.75) is 117 Å². The molecule has 0 saturated heterocycles. The summed E-state index contributed by atoms with van der Waals surface area (Å²) >= 11 is 0. The molecular weight excluding hydrogens is 356 g/mol. The van der Waals surface area contributed by atoms with E-state index in [0.29, 0.717) is 5.41 Å². The first-order valence-corrected chi connectivity index (χ1v) is 13.0. The van der Waals surface area contributed by atoms with Crippen LogP contribution in [0.25, 0.3) is 0 Å². The summed E-state index contributed by atoms with van der Waals surface area (Å²) in [5.41, 5.74) is 0.672. The fourth-order valence-corrected chi connectivity index (χ4v) is 8.02. The number of hydrogen-bond acceptors (Lipinski definition) is 2. The van der Waals surface area contributed by atoms with Gasteiger partial charge in [-0.3, -0.25) is 0 Å². The molecule has 0 aromatic carbocycles. The van der Waals surface area contributed by atoms with Crippen molar-refractivity contribution in [2.24, 2.45) is 34.5 Å². The lowest BCUT2D eigenvalue weighted by molar-refractivity contribution is -0.112. The third kappa shape index (κ3) is 4.04. The van der Waals surface area contributed by atoms with Crippen LogP contribution in [-0.2, 0) is 4.74 Å². The molecule has 7 atom stereocenters. The SMILES string of the molecule is CCCCCCCCOC1=CCC2(C)C(CCC3C4CCC(O)C4(C)CCC32)C1. The molecule has 29 heavy (non-hydrogen) atoms. The van der Waals surface area contributed by atoms with Gasteiger partial charge in [-0.15, -0.1) is 0 Å². The van der Waals surface area contributed by atoms with Crippen LogP contribution in [0, 0.1) is 34.5 Å². The Bertz CT molecular complexity index is 583. The van der Waals surface area contributed by atoms with E-state index in [1.54, 1.807) is 0 Å². The zero-order valence-corrected chi connectivity index (χ0v) is 19.4. The van der Waals surface area contributed by atoms with E-state index in [0.717, 1.165) is 36.7 Å². The predicted molar refractivity (Wildman–Crippen MR) is 121 cm³/mol. The quantitative estimate of drug-likeness (QED) is 0.433. The van der Waals surface area contributed by atoms with E-state index in [1.807, 2.05) is 0 Å². The van der Waals surface area contributed by atoms with Crippen LogP contribution in [0.4, 0.5) is 0 Å². The Kier molecular flexibility index (Phi) is 6.69. The molecule has 0 heterocycles. The number of aliphatic hydroxyl groups is 1. The molecule has 4 aliphatic rings. The van der Waals surface area contributed by atoms with Crippen molar-refractivity contribution < 1.29 is 9.84 Å². The molecule has 4 rings (SSSR count). The van der Waals surface area contributed by atoms with Crippen molar-refractivity contribution in [2.75, 3.05) is 6.61 Å². The normalized spacial score (nSPS) is 43.9. The number of hydrogen-bond donors (Lipinski definition) is 1. The smallest absolute Gasteiger partial charge is 0.0923 e. The number of aliphatic hydroxyl groups excluding tert-OH is 1. The summed E-state index contributed by atoms with van der Waals surface area (Å²) in [5, 5.41) is 10.6. The first-order chi connectivity index (χ1) is 14.0. The second kappa shape index (κ2) is 8.93. The van der Waals surface area contributed by atoms with E-state index in [2.05, 4.69) is 26.8 Å². The van der Waals surface area contributed by atoms with E-state index in [1.165, 1.54) is 89.2 Å². The van der Waals surface area contributed by atoms with Gasteiger partial charge < -0.3 is 9.84 Å². The van der Waals surface area contributed by atoms with Crippen molar-refractivity contribution in [1.29, 1.82) is 0 Å². The molecule has 0 amide bonds. The summed E-state index contributed by atoms with van der Waals surface area (Å²) in [7, 11) is 0. The average molecular weight is 403 g/mol. The van der Waals surface area contributed by atoms with E-state index in [9.17, 15) is 5.11 Å². The maximum atomic E-state index is 10.6. The van der Waals surface area contributed by atoms with Gasteiger partial charge in [0.05, 0.1) is 18.5 Å². The van der Waals surface area contributed by atoms with Gasteiger partial charge in [-0.25, -0.2) is 0 Å². The minimum Gasteiger partial charge on any atom is -0.498 e. The highest BCUT2D eigenvalue weighted by molar-refractivity contribution is 5.14. The topological polar surface area (TPSA) is 29.5 Å². The van der Waals surface area contributed by atoms with Crippen molar-refractivity contribution in [3.05, 3.63) is 11.8 Å². The van der Waals surface area contributed by atoms with Crippen LogP contribution in [0.2, 0.25) is 0 Å². The van der Waals surface area contributed by atoms with Gasteiger partial charge in [0.1, 0.15) is 0 Å². The maximum Gasteiger partial charge on any atom is 0.0923 e. The molecule has 2 nitrogen and oxygen atoms in total. The largest absolute Gasteiger partial charge is 0.498 e. The minimum atomic E-state index is -0.0489. The summed E-state index contributed by atoms with van der Waals surface area (Å²) in [6, 6.07) is 0. The van der Waals surface area contributed by atoms with Gasteiger partial charge in [-0.1, -0.05) is 52.9 Å². The Morgan fingerprint density at radius 1 is 0.931 bits per heavy atom. The number of allylic oxidation sites excluding steroid dienone is 2. The zero-order valence-electron chi connectivity index (χ0n) is 19.4. The Balaban J connectivity index is 1.32. The van der Waals surface area contributed by atoms with Gasteiger partial charge in [0.2, 0.25) is 0 Å². The molecule has 4 aliphatic carbocycles. The van der Waals surface area contributed by atoms with Crippen LogP contribution in [0.15, 0.2) is 11.8 Å². The third-order valence-electron chi connectivity index (χ3n) is 10.0. The molecule has 3 saturated carbocycles. The van der Waals surface area contributed by atoms with Crippen molar-refractivity contribution in [3.63, 3.8) is 0 Å². The summed E-state index contributed by atoms with van der Waals surface area (Å²) in [6.45, 7) is 8.20.